The van der Waals surface area contributed by atoms with Crippen molar-refractivity contribution < 1.29 is 14.1 Å². The second-order valence-electron chi connectivity index (χ2n) is 7.36. The van der Waals surface area contributed by atoms with Crippen molar-refractivity contribution in [3.05, 3.63) is 33.6 Å². The van der Waals surface area contributed by atoms with E-state index in [1.54, 1.807) is 13.1 Å². The number of hydrogen-bond acceptors (Lipinski definition) is 6. The summed E-state index contributed by atoms with van der Waals surface area (Å²) in [5.41, 5.74) is 1.29. The molecular formula is C19H26N4O3S. The van der Waals surface area contributed by atoms with Crippen LogP contribution in [0.1, 0.15) is 72.4 Å². The van der Waals surface area contributed by atoms with Crippen LogP contribution < -0.4 is 5.32 Å². The van der Waals surface area contributed by atoms with E-state index in [-0.39, 0.29) is 29.7 Å². The third-order valence-corrected chi connectivity index (χ3v) is 5.80. The number of amides is 2. The number of carbonyl (C=O) groups excluding carboxylic acids is 2. The van der Waals surface area contributed by atoms with Gasteiger partial charge in [-0.3, -0.25) is 9.59 Å². The van der Waals surface area contributed by atoms with Gasteiger partial charge in [0.05, 0.1) is 11.7 Å². The number of piperidine rings is 1. The van der Waals surface area contributed by atoms with Gasteiger partial charge in [-0.05, 0) is 25.7 Å². The quantitative estimate of drug-likeness (QED) is 0.846. The number of hydrogen-bond donors (Lipinski definition) is 1. The first-order valence-electron chi connectivity index (χ1n) is 9.30. The Morgan fingerprint density at radius 2 is 2.19 bits per heavy atom. The van der Waals surface area contributed by atoms with Crippen molar-refractivity contribution in [3.63, 3.8) is 0 Å². The van der Waals surface area contributed by atoms with Gasteiger partial charge in [0, 0.05) is 37.5 Å². The minimum atomic E-state index is -0.175. The highest BCUT2D eigenvalue weighted by atomic mass is 32.1. The van der Waals surface area contributed by atoms with Crippen LogP contribution in [-0.2, 0) is 4.79 Å². The van der Waals surface area contributed by atoms with Gasteiger partial charge >= 0.3 is 0 Å². The van der Waals surface area contributed by atoms with E-state index >= 15 is 0 Å². The summed E-state index contributed by atoms with van der Waals surface area (Å²) in [6, 6.07) is -0.175. The largest absolute Gasteiger partial charge is 0.361 e. The van der Waals surface area contributed by atoms with E-state index in [1.807, 2.05) is 24.1 Å². The number of nitrogens with zero attached hydrogens (tertiary/aromatic N) is 3. The number of thiazole rings is 1. The lowest BCUT2D eigenvalue weighted by atomic mass is 9.90. The van der Waals surface area contributed by atoms with Crippen LogP contribution in [0.25, 0.3) is 0 Å². The molecule has 1 fully saturated rings. The number of rotatable bonds is 5. The van der Waals surface area contributed by atoms with Crippen molar-refractivity contribution in [2.45, 2.75) is 52.5 Å². The molecule has 1 aliphatic rings. The smallest absolute Gasteiger partial charge is 0.259 e. The van der Waals surface area contributed by atoms with Gasteiger partial charge < -0.3 is 14.7 Å². The monoisotopic (exact) mass is 390 g/mol. The fourth-order valence-corrected chi connectivity index (χ4v) is 4.44. The first kappa shape index (κ1) is 19.5. The molecule has 3 rings (SSSR count). The Kier molecular flexibility index (Phi) is 5.94. The second kappa shape index (κ2) is 8.21. The Hall–Kier alpha value is -2.22. The second-order valence-corrected chi connectivity index (χ2v) is 8.28. The standard InChI is InChI=1S/C19H26N4O3S/c1-11(2)16-15(12(3)26-22-16)19(25)23-8-5-6-14(10-23)17(21-13(4)24)18-20-7-9-27-18/h7,9,11,14,17H,5-6,8,10H2,1-4H3,(H,21,24). The van der Waals surface area contributed by atoms with Crippen molar-refractivity contribution >= 4 is 23.2 Å². The molecule has 1 N–H and O–H groups in total. The number of nitrogens with one attached hydrogen (secondary N) is 1. The lowest BCUT2D eigenvalue weighted by molar-refractivity contribution is -0.120. The molecule has 7 nitrogen and oxygen atoms in total. The topological polar surface area (TPSA) is 88.3 Å². The predicted molar refractivity (Wildman–Crippen MR) is 103 cm³/mol. The SMILES string of the molecule is CC(=O)NC(c1nccs1)C1CCCN(C(=O)c2c(C(C)C)noc2C)C1. The van der Waals surface area contributed by atoms with E-state index in [9.17, 15) is 9.59 Å². The Bertz CT molecular complexity index is 800. The minimum Gasteiger partial charge on any atom is -0.361 e. The number of likely N-dealkylation sites (tertiary alicyclic amines) is 1. The summed E-state index contributed by atoms with van der Waals surface area (Å²) in [4.78, 5) is 31.2. The van der Waals surface area contributed by atoms with Crippen LogP contribution in [0.15, 0.2) is 16.1 Å². The molecule has 0 radical (unpaired) electrons. The first-order valence-corrected chi connectivity index (χ1v) is 10.2. The van der Waals surface area contributed by atoms with E-state index in [2.05, 4.69) is 15.5 Å². The van der Waals surface area contributed by atoms with Gasteiger partial charge in [-0.25, -0.2) is 4.98 Å². The van der Waals surface area contributed by atoms with Gasteiger partial charge in [0.25, 0.3) is 5.91 Å². The fourth-order valence-electron chi connectivity index (χ4n) is 3.66. The minimum absolute atomic E-state index is 0.0390. The summed E-state index contributed by atoms with van der Waals surface area (Å²) < 4.78 is 5.29. The molecule has 0 saturated carbocycles. The van der Waals surface area contributed by atoms with Gasteiger partial charge in [0.15, 0.2) is 0 Å². The van der Waals surface area contributed by atoms with Crippen LogP contribution in [-0.4, -0.2) is 39.9 Å². The van der Waals surface area contributed by atoms with Crippen LogP contribution in [0.4, 0.5) is 0 Å². The molecule has 1 aliphatic heterocycles. The van der Waals surface area contributed by atoms with Gasteiger partial charge in [0.1, 0.15) is 16.3 Å². The molecule has 2 aromatic rings. The Labute approximate surface area is 163 Å². The van der Waals surface area contributed by atoms with E-state index < -0.39 is 0 Å². The third-order valence-electron chi connectivity index (χ3n) is 4.94. The summed E-state index contributed by atoms with van der Waals surface area (Å²) in [6.45, 7) is 8.57. The summed E-state index contributed by atoms with van der Waals surface area (Å²) in [6.07, 6.45) is 3.57. The molecule has 3 heterocycles. The molecule has 2 unspecified atom stereocenters. The molecule has 27 heavy (non-hydrogen) atoms. The lowest BCUT2D eigenvalue weighted by Gasteiger charge is -2.36. The zero-order valence-electron chi connectivity index (χ0n) is 16.2. The molecule has 146 valence electrons. The van der Waals surface area contributed by atoms with Gasteiger partial charge in [-0.1, -0.05) is 19.0 Å². The van der Waals surface area contributed by atoms with Gasteiger partial charge in [-0.2, -0.15) is 0 Å². The molecular weight excluding hydrogens is 364 g/mol. The highest BCUT2D eigenvalue weighted by molar-refractivity contribution is 7.09. The van der Waals surface area contributed by atoms with Crippen LogP contribution in [0.5, 0.6) is 0 Å². The Morgan fingerprint density at radius 3 is 2.81 bits per heavy atom. The van der Waals surface area contributed by atoms with Crippen molar-refractivity contribution in [2.24, 2.45) is 5.92 Å². The summed E-state index contributed by atoms with van der Waals surface area (Å²) >= 11 is 1.53. The molecule has 2 aromatic heterocycles. The molecule has 0 spiro atoms. The van der Waals surface area contributed by atoms with Crippen molar-refractivity contribution in [1.82, 2.24) is 20.4 Å². The Balaban J connectivity index is 1.82. The maximum absolute atomic E-state index is 13.2. The number of carbonyl (C=O) groups is 2. The van der Waals surface area contributed by atoms with Crippen LogP contribution >= 0.6 is 11.3 Å². The fraction of sp³-hybridized carbons (Fsp3) is 0.579. The van der Waals surface area contributed by atoms with Gasteiger partial charge in [-0.15, -0.1) is 11.3 Å². The van der Waals surface area contributed by atoms with Crippen LogP contribution in [0, 0.1) is 12.8 Å². The predicted octanol–water partition coefficient (Wildman–Crippen LogP) is 3.29. The molecule has 2 atom stereocenters. The molecule has 0 aliphatic carbocycles. The zero-order valence-corrected chi connectivity index (χ0v) is 17.0. The molecule has 8 heteroatoms. The maximum atomic E-state index is 13.2. The first-order chi connectivity index (χ1) is 12.9. The lowest BCUT2D eigenvalue weighted by Crippen LogP contribution is -2.45. The van der Waals surface area contributed by atoms with E-state index in [0.29, 0.717) is 30.1 Å². The molecule has 2 amide bonds. The zero-order chi connectivity index (χ0) is 19.6. The summed E-state index contributed by atoms with van der Waals surface area (Å²) in [5, 5.41) is 9.90. The van der Waals surface area contributed by atoms with Gasteiger partial charge in [0.2, 0.25) is 5.91 Å². The van der Waals surface area contributed by atoms with E-state index in [4.69, 9.17) is 4.52 Å². The van der Waals surface area contributed by atoms with E-state index in [0.717, 1.165) is 17.8 Å². The Morgan fingerprint density at radius 1 is 1.41 bits per heavy atom. The van der Waals surface area contributed by atoms with Crippen molar-refractivity contribution in [3.8, 4) is 0 Å². The number of aryl methyl sites for hydroxylation is 1. The maximum Gasteiger partial charge on any atom is 0.259 e. The summed E-state index contributed by atoms with van der Waals surface area (Å²) in [7, 11) is 0. The third kappa shape index (κ3) is 4.21. The van der Waals surface area contributed by atoms with Crippen molar-refractivity contribution in [2.75, 3.05) is 13.1 Å². The summed E-state index contributed by atoms with van der Waals surface area (Å²) in [5.74, 6) is 0.674. The van der Waals surface area contributed by atoms with Crippen LogP contribution in [0.3, 0.4) is 0 Å². The normalized spacial score (nSPS) is 18.6. The van der Waals surface area contributed by atoms with E-state index in [1.165, 1.54) is 18.3 Å². The molecule has 0 aromatic carbocycles. The highest BCUT2D eigenvalue weighted by Crippen LogP contribution is 2.32. The number of aromatic nitrogens is 2. The van der Waals surface area contributed by atoms with Crippen LogP contribution in [0.2, 0.25) is 0 Å². The highest BCUT2D eigenvalue weighted by Gasteiger charge is 2.34. The average Bonchev–Trinajstić information content (AvgIpc) is 3.28. The molecule has 1 saturated heterocycles. The average molecular weight is 391 g/mol. The molecule has 0 bridgehead atoms. The van der Waals surface area contributed by atoms with Crippen molar-refractivity contribution in [1.29, 1.82) is 0 Å².